The maximum atomic E-state index is 16.4. The summed E-state index contributed by atoms with van der Waals surface area (Å²) in [6.45, 7) is 12.4. The molecule has 2 heterocycles. The lowest BCUT2D eigenvalue weighted by molar-refractivity contribution is 0.482. The first-order chi connectivity index (χ1) is 56.3. The number of ether oxygens (including phenoxy) is 2. The maximum Gasteiger partial charge on any atom is 0.159 e. The van der Waals surface area contributed by atoms with Gasteiger partial charge >= 0.3 is 0 Å². The fraction of sp³-hybridized carbons (Fsp3) is 0.0476. The SMILES string of the molecule is C=Cc1ccc(Oc2ccc(C3(c4ccc(F)c(F)c4)c4ccccc4-c4ccc(N(c5ccc6c(c5)C(C)(C)c5cc(N(c7ccc8c(c7)C(c7ccc(Oc9ccc(C=C)cc9)cc7)(c7ccc(F)c(F)c7)c7ccccc7-8)c7cccc8c7oc7ccccc78)ccc5-6)c5cccc6c5oc5ccccc56)cc43)cc2)cc1. The fourth-order valence-corrected chi connectivity index (χ4v) is 18.7. The molecular formula is C105H68F4N2O4. The summed E-state index contributed by atoms with van der Waals surface area (Å²) in [4.78, 5) is 4.55. The van der Waals surface area contributed by atoms with E-state index in [2.05, 4.69) is 182 Å². The van der Waals surface area contributed by atoms with Crippen molar-refractivity contribution in [3.63, 3.8) is 0 Å². The highest BCUT2D eigenvalue weighted by Crippen LogP contribution is 2.62. The van der Waals surface area contributed by atoms with Crippen molar-refractivity contribution in [3.8, 4) is 56.4 Å². The average molecular weight is 1500 g/mol. The van der Waals surface area contributed by atoms with Crippen LogP contribution in [0.25, 0.3) is 89.4 Å². The molecule has 21 rings (SSSR count). The summed E-state index contributed by atoms with van der Waals surface area (Å²) < 4.78 is 90.7. The predicted molar refractivity (Wildman–Crippen MR) is 456 cm³/mol. The summed E-state index contributed by atoms with van der Waals surface area (Å²) in [5.74, 6) is -1.29. The molecule has 3 aliphatic carbocycles. The largest absolute Gasteiger partial charge is 0.457 e. The number of nitrogens with zero attached hydrogens (tertiary/aromatic N) is 2. The molecule has 2 aromatic heterocycles. The van der Waals surface area contributed by atoms with E-state index in [1.54, 1.807) is 24.3 Å². The van der Waals surface area contributed by atoms with Gasteiger partial charge in [-0.15, -0.1) is 0 Å². The molecule has 2 atom stereocenters. The van der Waals surface area contributed by atoms with Crippen molar-refractivity contribution in [2.45, 2.75) is 30.1 Å². The second-order valence-corrected chi connectivity index (χ2v) is 30.4. The minimum Gasteiger partial charge on any atom is -0.457 e. The topological polar surface area (TPSA) is 51.2 Å². The molecule has 3 aliphatic rings. The number of para-hydroxylation sites is 4. The van der Waals surface area contributed by atoms with E-state index in [4.69, 9.17) is 18.3 Å². The zero-order valence-corrected chi connectivity index (χ0v) is 62.4. The predicted octanol–water partition coefficient (Wildman–Crippen LogP) is 28.9. The van der Waals surface area contributed by atoms with Gasteiger partial charge in [-0.3, -0.25) is 0 Å². The first-order valence-electron chi connectivity index (χ1n) is 38.4. The summed E-state index contributed by atoms with van der Waals surface area (Å²) in [7, 11) is 0. The van der Waals surface area contributed by atoms with Crippen molar-refractivity contribution < 1.29 is 35.9 Å². The third-order valence-corrected chi connectivity index (χ3v) is 24.0. The minimum atomic E-state index is -1.18. The normalized spacial score (nSPS) is 15.3. The molecule has 18 aromatic rings. The first-order valence-corrected chi connectivity index (χ1v) is 38.4. The van der Waals surface area contributed by atoms with Crippen molar-refractivity contribution >= 4 is 90.2 Å². The summed E-state index contributed by atoms with van der Waals surface area (Å²) in [5.41, 5.74) is 21.1. The van der Waals surface area contributed by atoms with E-state index in [9.17, 15) is 0 Å². The Bertz CT molecular complexity index is 6640. The van der Waals surface area contributed by atoms with Gasteiger partial charge in [0, 0.05) is 49.7 Å². The lowest BCUT2D eigenvalue weighted by atomic mass is 9.67. The number of fused-ring (bicyclic) bond motifs is 15. The highest BCUT2D eigenvalue weighted by molar-refractivity contribution is 6.12. The van der Waals surface area contributed by atoms with E-state index in [0.717, 1.165) is 156 Å². The third-order valence-electron chi connectivity index (χ3n) is 24.0. The van der Waals surface area contributed by atoms with E-state index in [-0.39, 0.29) is 0 Å². The summed E-state index contributed by atoms with van der Waals surface area (Å²) in [6, 6.07) is 112. The Balaban J connectivity index is 0.731. The summed E-state index contributed by atoms with van der Waals surface area (Å²) in [5, 5.41) is 3.84. The van der Waals surface area contributed by atoms with Crippen LogP contribution in [0.3, 0.4) is 0 Å². The molecule has 0 fully saturated rings. The zero-order chi connectivity index (χ0) is 77.6. The van der Waals surface area contributed by atoms with Gasteiger partial charge in [-0.2, -0.15) is 0 Å². The Morgan fingerprint density at radius 2 is 0.609 bits per heavy atom. The van der Waals surface area contributed by atoms with E-state index >= 15 is 17.6 Å². The molecule has 0 aliphatic heterocycles. The van der Waals surface area contributed by atoms with Gasteiger partial charge in [-0.25, -0.2) is 17.6 Å². The van der Waals surface area contributed by atoms with Crippen molar-refractivity contribution in [2.75, 3.05) is 9.80 Å². The Labute approximate surface area is 661 Å². The number of hydrogen-bond donors (Lipinski definition) is 0. The molecule has 2 unspecified atom stereocenters. The van der Waals surface area contributed by atoms with Crippen molar-refractivity contribution in [1.82, 2.24) is 0 Å². The molecular weight excluding hydrogens is 1430 g/mol. The van der Waals surface area contributed by atoms with Crippen molar-refractivity contribution in [3.05, 3.63) is 443 Å². The monoisotopic (exact) mass is 1500 g/mol. The molecule has 10 heteroatoms. The smallest absolute Gasteiger partial charge is 0.159 e. The van der Waals surface area contributed by atoms with Gasteiger partial charge in [-0.1, -0.05) is 233 Å². The Kier molecular flexibility index (Phi) is 15.7. The van der Waals surface area contributed by atoms with Gasteiger partial charge in [0.25, 0.3) is 0 Å². The van der Waals surface area contributed by atoms with Crippen LogP contribution in [0.1, 0.15) is 80.6 Å². The number of anilines is 6. The Morgan fingerprint density at radius 1 is 0.287 bits per heavy atom. The molecule has 6 nitrogen and oxygen atoms in total. The van der Waals surface area contributed by atoms with Gasteiger partial charge in [0.1, 0.15) is 34.2 Å². The zero-order valence-electron chi connectivity index (χ0n) is 62.4. The lowest BCUT2D eigenvalue weighted by Gasteiger charge is -2.35. The van der Waals surface area contributed by atoms with E-state index in [0.29, 0.717) is 45.3 Å². The highest BCUT2D eigenvalue weighted by atomic mass is 19.2. The molecule has 115 heavy (non-hydrogen) atoms. The number of halogens is 4. The van der Waals surface area contributed by atoms with Crippen LogP contribution in [0, 0.1) is 23.3 Å². The van der Waals surface area contributed by atoms with E-state index in [1.165, 1.54) is 24.3 Å². The second-order valence-electron chi connectivity index (χ2n) is 30.4. The van der Waals surface area contributed by atoms with Crippen LogP contribution in [-0.2, 0) is 16.2 Å². The average Bonchev–Trinajstić information content (AvgIpc) is 1.53. The van der Waals surface area contributed by atoms with Crippen LogP contribution in [0.4, 0.5) is 51.7 Å². The fourth-order valence-electron chi connectivity index (χ4n) is 18.7. The first kappa shape index (κ1) is 68.5. The Hall–Kier alpha value is -14.5. The van der Waals surface area contributed by atoms with Crippen LogP contribution in [0.2, 0.25) is 0 Å². The summed E-state index contributed by atoms with van der Waals surface area (Å²) in [6.07, 6.45) is 3.57. The van der Waals surface area contributed by atoms with Gasteiger partial charge < -0.3 is 28.1 Å². The number of rotatable bonds is 16. The Morgan fingerprint density at radius 3 is 0.991 bits per heavy atom. The quantitative estimate of drug-likeness (QED) is 0.0899. The number of benzene rings is 16. The van der Waals surface area contributed by atoms with Crippen LogP contribution in [0.15, 0.2) is 362 Å². The molecule has 0 saturated carbocycles. The van der Waals surface area contributed by atoms with Crippen LogP contribution in [-0.4, -0.2) is 0 Å². The standard InChI is InChI=1S/C105H68F4N2O4/c1-5-63-29-43-73(44-30-63)112-75-47-33-65(34-48-75)104(67-37-55-93(106)95(108)57-67)87-23-11-7-17-77(87)81-53-41-71(61-91(81)104)110(97-25-15-21-85-83-19-9-13-27-99(83)114-101(85)97)69-39-51-79-80-52-40-70(60-90(80)103(3,4)89(79)59-69)111(98-26-16-22-86-84-20-10-14-28-100(84)115-102(86)98)72-42-54-82-78-18-8-12-24-88(78)105(92(82)62-72,68-38-56-94(107)96(109)58-68)66-35-49-76(50-36-66)113-74-45-31-64(6-2)32-46-74/h5-62H,1-2H2,3-4H3. The highest BCUT2D eigenvalue weighted by Gasteiger charge is 2.49. The van der Waals surface area contributed by atoms with Crippen molar-refractivity contribution in [1.29, 1.82) is 0 Å². The maximum absolute atomic E-state index is 16.4. The van der Waals surface area contributed by atoms with Gasteiger partial charge in [-0.05, 0) is 246 Å². The molecule has 0 saturated heterocycles. The summed E-state index contributed by atoms with van der Waals surface area (Å²) >= 11 is 0. The molecule has 0 radical (unpaired) electrons. The molecule has 16 aromatic carbocycles. The van der Waals surface area contributed by atoms with Crippen molar-refractivity contribution in [2.24, 2.45) is 0 Å². The molecule has 0 spiro atoms. The number of furan rings is 2. The third kappa shape index (κ3) is 10.5. The van der Waals surface area contributed by atoms with Gasteiger partial charge in [0.05, 0.1) is 22.2 Å². The minimum absolute atomic E-state index is 0.551. The number of hydrogen-bond acceptors (Lipinski definition) is 6. The molecule has 0 N–H and O–H groups in total. The van der Waals surface area contributed by atoms with E-state index in [1.807, 2.05) is 158 Å². The van der Waals surface area contributed by atoms with Gasteiger partial charge in [0.15, 0.2) is 34.4 Å². The lowest BCUT2D eigenvalue weighted by Crippen LogP contribution is -2.29. The van der Waals surface area contributed by atoms with Crippen LogP contribution >= 0.6 is 0 Å². The van der Waals surface area contributed by atoms with Crippen LogP contribution in [0.5, 0.6) is 23.0 Å². The molecule has 0 amide bonds. The molecule has 550 valence electrons. The second kappa shape index (κ2) is 26.3. The van der Waals surface area contributed by atoms with Gasteiger partial charge in [0.2, 0.25) is 0 Å². The molecule has 0 bridgehead atoms. The van der Waals surface area contributed by atoms with Crippen LogP contribution < -0.4 is 19.3 Å². The van der Waals surface area contributed by atoms with E-state index < -0.39 is 39.5 Å².